The summed E-state index contributed by atoms with van der Waals surface area (Å²) >= 11 is 0. The molecule has 4 heteroatoms. The van der Waals surface area contributed by atoms with Crippen LogP contribution in [0.4, 0.5) is 0 Å². The van der Waals surface area contributed by atoms with E-state index in [1.807, 2.05) is 29.7 Å². The van der Waals surface area contributed by atoms with Crippen LogP contribution in [0, 0.1) is 6.92 Å². The summed E-state index contributed by atoms with van der Waals surface area (Å²) in [6.45, 7) is 4.65. The van der Waals surface area contributed by atoms with Crippen molar-refractivity contribution in [3.8, 4) is 0 Å². The number of hydrogen-bond acceptors (Lipinski definition) is 3. The van der Waals surface area contributed by atoms with Crippen molar-refractivity contribution in [2.24, 2.45) is 0 Å². The second-order valence-electron chi connectivity index (χ2n) is 4.86. The first kappa shape index (κ1) is 11.4. The molecule has 3 rings (SSSR count). The molecule has 0 fully saturated rings. The van der Waals surface area contributed by atoms with Crippen molar-refractivity contribution in [3.63, 3.8) is 0 Å². The Morgan fingerprint density at radius 2 is 2.22 bits per heavy atom. The molecule has 1 N–H and O–H groups in total. The van der Waals surface area contributed by atoms with Crippen molar-refractivity contribution < 1.29 is 0 Å². The van der Waals surface area contributed by atoms with Crippen LogP contribution in [0.3, 0.4) is 0 Å². The average molecular weight is 243 g/mol. The lowest BCUT2D eigenvalue weighted by atomic mass is 10.1. The maximum atomic E-state index is 12.5. The minimum Gasteiger partial charge on any atom is -0.316 e. The molecule has 18 heavy (non-hydrogen) atoms. The third kappa shape index (κ3) is 1.93. The molecule has 2 heterocycles. The highest BCUT2D eigenvalue weighted by Crippen LogP contribution is 2.12. The van der Waals surface area contributed by atoms with Gasteiger partial charge in [-0.1, -0.05) is 6.07 Å². The molecule has 0 unspecified atom stereocenters. The van der Waals surface area contributed by atoms with Crippen LogP contribution in [0.25, 0.3) is 10.9 Å². The summed E-state index contributed by atoms with van der Waals surface area (Å²) in [5.74, 6) is 0.908. The van der Waals surface area contributed by atoms with Crippen molar-refractivity contribution in [1.29, 1.82) is 0 Å². The molecule has 0 bridgehead atoms. The van der Waals surface area contributed by atoms with Gasteiger partial charge in [-0.05, 0) is 37.6 Å². The molecule has 94 valence electrons. The maximum Gasteiger partial charge on any atom is 0.261 e. The zero-order valence-corrected chi connectivity index (χ0v) is 10.6. The number of benzene rings is 1. The fourth-order valence-electron chi connectivity index (χ4n) is 2.49. The minimum absolute atomic E-state index is 0.108. The fourth-order valence-corrected chi connectivity index (χ4v) is 2.49. The van der Waals surface area contributed by atoms with Gasteiger partial charge in [-0.15, -0.1) is 0 Å². The van der Waals surface area contributed by atoms with Crippen molar-refractivity contribution in [1.82, 2.24) is 14.9 Å². The summed E-state index contributed by atoms with van der Waals surface area (Å²) in [6.07, 6.45) is 1.80. The zero-order valence-electron chi connectivity index (χ0n) is 10.6. The van der Waals surface area contributed by atoms with E-state index in [1.54, 1.807) is 0 Å². The highest BCUT2D eigenvalue weighted by Gasteiger charge is 2.12. The van der Waals surface area contributed by atoms with Gasteiger partial charge in [0, 0.05) is 19.5 Å². The lowest BCUT2D eigenvalue weighted by molar-refractivity contribution is 0.510. The summed E-state index contributed by atoms with van der Waals surface area (Å²) in [5.41, 5.74) is 2.08. The van der Waals surface area contributed by atoms with E-state index in [1.165, 1.54) is 0 Å². The monoisotopic (exact) mass is 243 g/mol. The van der Waals surface area contributed by atoms with E-state index in [9.17, 15) is 4.79 Å². The predicted molar refractivity (Wildman–Crippen MR) is 71.9 cm³/mol. The van der Waals surface area contributed by atoms with Crippen LogP contribution in [0.5, 0.6) is 0 Å². The first-order valence-corrected chi connectivity index (χ1v) is 6.46. The fraction of sp³-hybridized carbons (Fsp3) is 0.429. The first-order valence-electron chi connectivity index (χ1n) is 6.46. The Labute approximate surface area is 106 Å². The Bertz CT molecular complexity index is 645. The van der Waals surface area contributed by atoms with Gasteiger partial charge in [0.25, 0.3) is 5.56 Å². The lowest BCUT2D eigenvalue weighted by Crippen LogP contribution is -2.32. The van der Waals surface area contributed by atoms with Gasteiger partial charge in [-0.25, -0.2) is 4.98 Å². The van der Waals surface area contributed by atoms with E-state index < -0.39 is 0 Å². The van der Waals surface area contributed by atoms with Crippen molar-refractivity contribution in [3.05, 3.63) is 39.9 Å². The molecule has 0 amide bonds. The molecule has 0 saturated carbocycles. The number of rotatable bonds is 0. The number of nitrogens with zero attached hydrogens (tertiary/aromatic N) is 2. The Kier molecular flexibility index (Phi) is 2.88. The first-order chi connectivity index (χ1) is 8.75. The molecule has 4 nitrogen and oxygen atoms in total. The second-order valence-corrected chi connectivity index (χ2v) is 4.86. The quantitative estimate of drug-likeness (QED) is 0.757. The van der Waals surface area contributed by atoms with E-state index in [-0.39, 0.29) is 5.56 Å². The zero-order chi connectivity index (χ0) is 12.5. The molecule has 0 aliphatic carbocycles. The Hall–Kier alpha value is -1.68. The highest BCUT2D eigenvalue weighted by atomic mass is 16.1. The Morgan fingerprint density at radius 1 is 1.33 bits per heavy atom. The minimum atomic E-state index is 0.108. The van der Waals surface area contributed by atoms with E-state index in [0.29, 0.717) is 0 Å². The van der Waals surface area contributed by atoms with Gasteiger partial charge in [-0.2, -0.15) is 0 Å². The van der Waals surface area contributed by atoms with Gasteiger partial charge in [-0.3, -0.25) is 9.36 Å². The number of aryl methyl sites for hydroxylation is 1. The topological polar surface area (TPSA) is 46.9 Å². The number of fused-ring (bicyclic) bond motifs is 2. The molecular formula is C14H17N3O. The lowest BCUT2D eigenvalue weighted by Gasteiger charge is -2.17. The maximum absolute atomic E-state index is 12.5. The third-order valence-electron chi connectivity index (χ3n) is 3.45. The molecular weight excluding hydrogens is 226 g/mol. The van der Waals surface area contributed by atoms with Crippen LogP contribution >= 0.6 is 0 Å². The molecule has 0 radical (unpaired) electrons. The van der Waals surface area contributed by atoms with Crippen LogP contribution in [-0.2, 0) is 13.0 Å². The molecule has 1 aromatic heterocycles. The van der Waals surface area contributed by atoms with Crippen molar-refractivity contribution >= 4 is 10.9 Å². The van der Waals surface area contributed by atoms with Crippen LogP contribution in [0.15, 0.2) is 23.0 Å². The van der Waals surface area contributed by atoms with Crippen LogP contribution in [0.2, 0.25) is 0 Å². The van der Waals surface area contributed by atoms with E-state index >= 15 is 0 Å². The van der Waals surface area contributed by atoms with Crippen molar-refractivity contribution in [2.45, 2.75) is 26.3 Å². The molecule has 0 atom stereocenters. The average Bonchev–Trinajstić information content (AvgIpc) is 2.31. The highest BCUT2D eigenvalue weighted by molar-refractivity contribution is 5.78. The summed E-state index contributed by atoms with van der Waals surface area (Å²) < 4.78 is 1.85. The number of hydrogen-bond donors (Lipinski definition) is 1. The largest absolute Gasteiger partial charge is 0.316 e. The molecule has 1 aliphatic heterocycles. The number of nitrogens with one attached hydrogen (secondary N) is 1. The third-order valence-corrected chi connectivity index (χ3v) is 3.45. The van der Waals surface area contributed by atoms with Gasteiger partial charge in [0.05, 0.1) is 10.9 Å². The predicted octanol–water partition coefficient (Wildman–Crippen LogP) is 1.24. The standard InChI is InChI=1S/C14H17N3O/c1-10-3-4-11-12(9-10)16-13-5-7-15-6-2-8-17(13)14(11)18/h3-4,9,15H,2,5-8H2,1H3. The summed E-state index contributed by atoms with van der Waals surface area (Å²) in [7, 11) is 0. The van der Waals surface area contributed by atoms with Crippen LogP contribution in [-0.4, -0.2) is 22.6 Å². The van der Waals surface area contributed by atoms with E-state index in [0.717, 1.165) is 54.8 Å². The summed E-state index contributed by atoms with van der Waals surface area (Å²) in [5, 5.41) is 4.09. The molecule has 1 aliphatic rings. The van der Waals surface area contributed by atoms with Gasteiger partial charge >= 0.3 is 0 Å². The van der Waals surface area contributed by atoms with Gasteiger partial charge < -0.3 is 5.32 Å². The molecule has 2 aromatic rings. The van der Waals surface area contributed by atoms with Gasteiger partial charge in [0.15, 0.2) is 0 Å². The Morgan fingerprint density at radius 3 is 3.11 bits per heavy atom. The SMILES string of the molecule is Cc1ccc2c(=O)n3c(nc2c1)CCNCCC3. The van der Waals surface area contributed by atoms with Gasteiger partial charge in [0.2, 0.25) is 0 Å². The van der Waals surface area contributed by atoms with E-state index in [2.05, 4.69) is 10.3 Å². The smallest absolute Gasteiger partial charge is 0.261 e. The Balaban J connectivity index is 2.26. The van der Waals surface area contributed by atoms with E-state index in [4.69, 9.17) is 0 Å². The summed E-state index contributed by atoms with van der Waals surface area (Å²) in [6, 6.07) is 5.86. The van der Waals surface area contributed by atoms with Crippen molar-refractivity contribution in [2.75, 3.05) is 13.1 Å². The molecule has 1 aromatic carbocycles. The molecule has 0 spiro atoms. The van der Waals surface area contributed by atoms with Gasteiger partial charge in [0.1, 0.15) is 5.82 Å². The second kappa shape index (κ2) is 4.53. The van der Waals surface area contributed by atoms with Crippen LogP contribution in [0.1, 0.15) is 17.8 Å². The molecule has 0 saturated heterocycles. The normalized spacial score (nSPS) is 16.1. The number of aromatic nitrogens is 2. The summed E-state index contributed by atoms with van der Waals surface area (Å²) in [4.78, 5) is 17.1. The van der Waals surface area contributed by atoms with Crippen LogP contribution < -0.4 is 10.9 Å².